The van der Waals surface area contributed by atoms with Gasteiger partial charge < -0.3 is 10.6 Å². The largest absolute Gasteiger partial charge is 0.316 e. The number of anilines is 1. The number of fused-ring (bicyclic) bond motifs is 1. The van der Waals surface area contributed by atoms with Crippen molar-refractivity contribution in [3.8, 4) is 0 Å². The number of hydrogen-bond donors (Lipinski definition) is 1. The predicted octanol–water partition coefficient (Wildman–Crippen LogP) is 2.06. The smallest absolute Gasteiger partial charge is 0.248 e. The number of hydrogen-bond acceptors (Lipinski definition) is 2. The zero-order valence-electron chi connectivity index (χ0n) is 10.1. The molecular formula is C13H18N2O. The SMILES string of the molecule is CCCN1C(=O)C(N)c2cc(C)cc(C)c21. The molecule has 1 aliphatic rings. The molecule has 1 aliphatic heterocycles. The van der Waals surface area contributed by atoms with Gasteiger partial charge in [-0.25, -0.2) is 0 Å². The van der Waals surface area contributed by atoms with Gasteiger partial charge in [-0.2, -0.15) is 0 Å². The number of carbonyl (C=O) groups is 1. The summed E-state index contributed by atoms with van der Waals surface area (Å²) in [6.45, 7) is 6.90. The summed E-state index contributed by atoms with van der Waals surface area (Å²) >= 11 is 0. The fourth-order valence-electron chi connectivity index (χ4n) is 2.46. The van der Waals surface area contributed by atoms with E-state index in [4.69, 9.17) is 5.73 Å². The Bertz CT molecular complexity index is 440. The minimum absolute atomic E-state index is 0.0329. The van der Waals surface area contributed by atoms with Crippen LogP contribution in [-0.4, -0.2) is 12.5 Å². The highest BCUT2D eigenvalue weighted by molar-refractivity contribution is 6.05. The van der Waals surface area contributed by atoms with Gasteiger partial charge in [-0.15, -0.1) is 0 Å². The summed E-state index contributed by atoms with van der Waals surface area (Å²) in [6, 6.07) is 3.66. The Hall–Kier alpha value is -1.35. The molecule has 86 valence electrons. The lowest BCUT2D eigenvalue weighted by molar-refractivity contribution is -0.119. The second-order valence-corrected chi connectivity index (χ2v) is 4.49. The van der Waals surface area contributed by atoms with Crippen molar-refractivity contribution < 1.29 is 4.79 Å². The molecule has 0 bridgehead atoms. The summed E-state index contributed by atoms with van der Waals surface area (Å²) < 4.78 is 0. The fraction of sp³-hybridized carbons (Fsp3) is 0.462. The summed E-state index contributed by atoms with van der Waals surface area (Å²) in [5.41, 5.74) is 10.3. The second kappa shape index (κ2) is 3.91. The summed E-state index contributed by atoms with van der Waals surface area (Å²) in [7, 11) is 0. The van der Waals surface area contributed by atoms with E-state index in [9.17, 15) is 4.79 Å². The molecule has 1 heterocycles. The van der Waals surface area contributed by atoms with Gasteiger partial charge in [-0.1, -0.05) is 24.6 Å². The highest BCUT2D eigenvalue weighted by Crippen LogP contribution is 2.37. The van der Waals surface area contributed by atoms with Crippen LogP contribution in [0.1, 0.15) is 36.1 Å². The van der Waals surface area contributed by atoms with E-state index in [1.54, 1.807) is 0 Å². The molecule has 3 nitrogen and oxygen atoms in total. The molecule has 1 amide bonds. The second-order valence-electron chi connectivity index (χ2n) is 4.49. The molecule has 1 aromatic rings. The maximum absolute atomic E-state index is 12.0. The third kappa shape index (κ3) is 1.52. The van der Waals surface area contributed by atoms with Crippen LogP contribution >= 0.6 is 0 Å². The van der Waals surface area contributed by atoms with Crippen LogP contribution in [0.3, 0.4) is 0 Å². The van der Waals surface area contributed by atoms with Crippen LogP contribution in [0.4, 0.5) is 5.69 Å². The van der Waals surface area contributed by atoms with Crippen molar-refractivity contribution in [3.05, 3.63) is 28.8 Å². The van der Waals surface area contributed by atoms with Crippen molar-refractivity contribution in [1.29, 1.82) is 0 Å². The molecule has 3 heteroatoms. The topological polar surface area (TPSA) is 46.3 Å². The van der Waals surface area contributed by atoms with Crippen LogP contribution in [0.2, 0.25) is 0 Å². The molecule has 1 aromatic carbocycles. The number of amides is 1. The minimum atomic E-state index is -0.472. The van der Waals surface area contributed by atoms with E-state index in [-0.39, 0.29) is 5.91 Å². The van der Waals surface area contributed by atoms with Crippen LogP contribution in [0.5, 0.6) is 0 Å². The van der Waals surface area contributed by atoms with Gasteiger partial charge in [-0.3, -0.25) is 4.79 Å². The summed E-state index contributed by atoms with van der Waals surface area (Å²) in [4.78, 5) is 13.8. The zero-order chi connectivity index (χ0) is 11.9. The molecule has 2 rings (SSSR count). The lowest BCUT2D eigenvalue weighted by Crippen LogP contribution is -2.32. The predicted molar refractivity (Wildman–Crippen MR) is 65.5 cm³/mol. The van der Waals surface area contributed by atoms with Crippen molar-refractivity contribution in [3.63, 3.8) is 0 Å². The van der Waals surface area contributed by atoms with Gasteiger partial charge in [0.05, 0.1) is 5.69 Å². The Morgan fingerprint density at radius 3 is 2.69 bits per heavy atom. The molecule has 1 atom stereocenters. The average molecular weight is 218 g/mol. The quantitative estimate of drug-likeness (QED) is 0.826. The first kappa shape index (κ1) is 11.1. The first-order valence-corrected chi connectivity index (χ1v) is 5.74. The van der Waals surface area contributed by atoms with Crippen LogP contribution in [-0.2, 0) is 4.79 Å². The van der Waals surface area contributed by atoms with E-state index in [1.807, 2.05) is 24.8 Å². The molecule has 0 fully saturated rings. The molecule has 0 radical (unpaired) electrons. The van der Waals surface area contributed by atoms with E-state index in [2.05, 4.69) is 13.0 Å². The van der Waals surface area contributed by atoms with Gasteiger partial charge in [0.15, 0.2) is 0 Å². The lowest BCUT2D eigenvalue weighted by Gasteiger charge is -2.18. The van der Waals surface area contributed by atoms with Gasteiger partial charge in [-0.05, 0) is 25.8 Å². The number of aryl methyl sites for hydroxylation is 2. The number of nitrogens with zero attached hydrogens (tertiary/aromatic N) is 1. The number of carbonyl (C=O) groups excluding carboxylic acids is 1. The van der Waals surface area contributed by atoms with Crippen molar-refractivity contribution in [2.75, 3.05) is 11.4 Å². The molecular weight excluding hydrogens is 200 g/mol. The van der Waals surface area contributed by atoms with Gasteiger partial charge in [0.25, 0.3) is 0 Å². The Morgan fingerprint density at radius 2 is 2.06 bits per heavy atom. The summed E-state index contributed by atoms with van der Waals surface area (Å²) in [5.74, 6) is 0.0329. The van der Waals surface area contributed by atoms with Crippen molar-refractivity contribution in [1.82, 2.24) is 0 Å². The first-order chi connectivity index (χ1) is 7.56. The Balaban J connectivity index is 2.56. The van der Waals surface area contributed by atoms with E-state index in [0.717, 1.165) is 35.3 Å². The minimum Gasteiger partial charge on any atom is -0.316 e. The van der Waals surface area contributed by atoms with Crippen LogP contribution in [0.25, 0.3) is 0 Å². The number of rotatable bonds is 2. The van der Waals surface area contributed by atoms with Crippen LogP contribution in [0, 0.1) is 13.8 Å². The van der Waals surface area contributed by atoms with E-state index in [0.29, 0.717) is 0 Å². The van der Waals surface area contributed by atoms with Gasteiger partial charge in [0, 0.05) is 12.1 Å². The average Bonchev–Trinajstić information content (AvgIpc) is 2.44. The molecule has 16 heavy (non-hydrogen) atoms. The van der Waals surface area contributed by atoms with Crippen LogP contribution < -0.4 is 10.6 Å². The Labute approximate surface area is 96.2 Å². The number of nitrogens with two attached hydrogens (primary N) is 1. The zero-order valence-corrected chi connectivity index (χ0v) is 10.1. The van der Waals surface area contributed by atoms with E-state index < -0.39 is 6.04 Å². The van der Waals surface area contributed by atoms with Gasteiger partial charge in [0.2, 0.25) is 5.91 Å². The highest BCUT2D eigenvalue weighted by atomic mass is 16.2. The third-order valence-corrected chi connectivity index (χ3v) is 3.06. The van der Waals surface area contributed by atoms with Crippen molar-refractivity contribution in [2.45, 2.75) is 33.2 Å². The molecule has 0 aliphatic carbocycles. The third-order valence-electron chi connectivity index (χ3n) is 3.06. The standard InChI is InChI=1S/C13H18N2O/c1-4-5-15-12-9(3)6-8(2)7-10(12)11(14)13(15)16/h6-7,11H,4-5,14H2,1-3H3. The van der Waals surface area contributed by atoms with Gasteiger partial charge in [0.1, 0.15) is 6.04 Å². The monoisotopic (exact) mass is 218 g/mol. The number of benzene rings is 1. The molecule has 1 unspecified atom stereocenters. The molecule has 0 spiro atoms. The van der Waals surface area contributed by atoms with Crippen molar-refractivity contribution >= 4 is 11.6 Å². The summed E-state index contributed by atoms with van der Waals surface area (Å²) in [5, 5.41) is 0. The summed E-state index contributed by atoms with van der Waals surface area (Å²) in [6.07, 6.45) is 0.950. The molecule has 0 saturated carbocycles. The maximum Gasteiger partial charge on any atom is 0.248 e. The van der Waals surface area contributed by atoms with Crippen LogP contribution in [0.15, 0.2) is 12.1 Å². The molecule has 0 aromatic heterocycles. The Kier molecular flexibility index (Phi) is 2.72. The first-order valence-electron chi connectivity index (χ1n) is 5.74. The Morgan fingerprint density at radius 1 is 1.38 bits per heavy atom. The van der Waals surface area contributed by atoms with E-state index >= 15 is 0 Å². The highest BCUT2D eigenvalue weighted by Gasteiger charge is 2.35. The van der Waals surface area contributed by atoms with Gasteiger partial charge >= 0.3 is 0 Å². The maximum atomic E-state index is 12.0. The fourth-order valence-corrected chi connectivity index (χ4v) is 2.46. The molecule has 0 saturated heterocycles. The van der Waals surface area contributed by atoms with Crippen molar-refractivity contribution in [2.24, 2.45) is 5.73 Å². The van der Waals surface area contributed by atoms with E-state index in [1.165, 1.54) is 0 Å². The normalized spacial score (nSPS) is 19.1. The lowest BCUT2D eigenvalue weighted by atomic mass is 10.0. The molecule has 2 N–H and O–H groups in total.